The first-order chi connectivity index (χ1) is 20.8. The van der Waals surface area contributed by atoms with E-state index in [9.17, 15) is 19.2 Å². The van der Waals surface area contributed by atoms with Gasteiger partial charge in [0.2, 0.25) is 0 Å². The van der Waals surface area contributed by atoms with E-state index in [0.29, 0.717) is 5.56 Å². The number of carbonyl (C=O) groups excluding carboxylic acids is 4. The summed E-state index contributed by atoms with van der Waals surface area (Å²) in [5, 5.41) is 2.44. The quantitative estimate of drug-likeness (QED) is 0.176. The van der Waals surface area contributed by atoms with E-state index in [-0.39, 0.29) is 39.6 Å². The minimum absolute atomic E-state index is 0.110. The fraction of sp³-hybridized carbons (Fsp3) is 0.200. The Morgan fingerprint density at radius 2 is 1.19 bits per heavy atom. The average molecular weight is 610 g/mol. The molecule has 3 atom stereocenters. The molecule has 1 saturated heterocycles. The number of carbonyl (C=O) groups is 4. The average Bonchev–Trinajstić information content (AvgIpc) is 3.30. The first kappa shape index (κ1) is 27.6. The van der Waals surface area contributed by atoms with E-state index in [4.69, 9.17) is 23.2 Å². The highest BCUT2D eigenvalue weighted by atomic mass is 35.5. The van der Waals surface area contributed by atoms with Crippen molar-refractivity contribution in [3.63, 3.8) is 0 Å². The molecule has 3 amide bonds. The molecule has 4 aliphatic rings. The molecular formula is C35H26Cl2N2O4. The number of benzene rings is 4. The molecule has 0 N–H and O–H groups in total. The molecule has 43 heavy (non-hydrogen) atoms. The Hall–Kier alpha value is -4.26. The number of imide groups is 1. The standard InChI is InChI=1S/C35H26Cl2N2O4/c1-2-27(32(40)19-10-4-3-5-11-19)38(33(41)20-16-17-25(36)26(37)18-20)39-34(42)30-28-21-12-6-7-13-22(21)29(31(30)35(39)43)24-15-9-8-14-23(24)28/h3-18,27-31H,2H2,1H3/t27-,28?,29?,30-,31+/m0/s1. The zero-order valence-corrected chi connectivity index (χ0v) is 24.6. The third kappa shape index (κ3) is 4.08. The van der Waals surface area contributed by atoms with E-state index in [1.54, 1.807) is 37.3 Å². The van der Waals surface area contributed by atoms with Crippen molar-refractivity contribution in [2.24, 2.45) is 11.8 Å². The molecular weight excluding hydrogens is 583 g/mol. The topological polar surface area (TPSA) is 74.8 Å². The van der Waals surface area contributed by atoms with Crippen LogP contribution >= 0.6 is 23.2 Å². The largest absolute Gasteiger partial charge is 0.292 e. The van der Waals surface area contributed by atoms with Crippen LogP contribution in [-0.2, 0) is 9.59 Å². The number of Topliss-reactive ketones (excluding diaryl/α,β-unsaturated/α-hetero) is 1. The highest BCUT2D eigenvalue weighted by Crippen LogP contribution is 2.61. The van der Waals surface area contributed by atoms with Crippen LogP contribution in [0.25, 0.3) is 0 Å². The zero-order valence-electron chi connectivity index (χ0n) is 23.1. The van der Waals surface area contributed by atoms with Gasteiger partial charge in [-0.1, -0.05) is 109 Å². The summed E-state index contributed by atoms with van der Waals surface area (Å²) < 4.78 is 0. The summed E-state index contributed by atoms with van der Waals surface area (Å²) >= 11 is 12.4. The third-order valence-corrected chi connectivity index (χ3v) is 9.80. The lowest BCUT2D eigenvalue weighted by Crippen LogP contribution is -2.57. The molecule has 6 nitrogen and oxygen atoms in total. The summed E-state index contributed by atoms with van der Waals surface area (Å²) in [6, 6.07) is 27.7. The van der Waals surface area contributed by atoms with E-state index in [1.165, 1.54) is 18.2 Å². The van der Waals surface area contributed by atoms with Crippen LogP contribution in [0.2, 0.25) is 10.0 Å². The lowest BCUT2D eigenvalue weighted by atomic mass is 9.55. The summed E-state index contributed by atoms with van der Waals surface area (Å²) in [5.41, 5.74) is 4.56. The molecule has 1 fully saturated rings. The van der Waals surface area contributed by atoms with E-state index in [0.717, 1.165) is 32.3 Å². The minimum atomic E-state index is -1.13. The van der Waals surface area contributed by atoms with Gasteiger partial charge in [-0.3, -0.25) is 19.2 Å². The van der Waals surface area contributed by atoms with Gasteiger partial charge < -0.3 is 0 Å². The molecule has 0 saturated carbocycles. The molecule has 4 aromatic carbocycles. The molecule has 4 aromatic rings. The normalized spacial score (nSPS) is 22.1. The number of rotatable bonds is 6. The fourth-order valence-electron chi connectivity index (χ4n) is 7.27. The number of halogens is 2. The Morgan fingerprint density at radius 3 is 1.65 bits per heavy atom. The second-order valence-electron chi connectivity index (χ2n) is 11.2. The van der Waals surface area contributed by atoms with Gasteiger partial charge in [0.1, 0.15) is 6.04 Å². The van der Waals surface area contributed by atoms with Crippen molar-refractivity contribution in [3.05, 3.63) is 140 Å². The molecule has 0 unspecified atom stereocenters. The summed E-state index contributed by atoms with van der Waals surface area (Å²) in [5.74, 6) is -4.15. The van der Waals surface area contributed by atoms with Crippen molar-refractivity contribution < 1.29 is 19.2 Å². The van der Waals surface area contributed by atoms with Crippen molar-refractivity contribution >= 4 is 46.7 Å². The Morgan fingerprint density at radius 1 is 0.698 bits per heavy atom. The summed E-state index contributed by atoms with van der Waals surface area (Å²) in [7, 11) is 0. The van der Waals surface area contributed by atoms with Crippen LogP contribution in [0, 0.1) is 11.8 Å². The molecule has 0 aromatic heterocycles. The van der Waals surface area contributed by atoms with E-state index < -0.39 is 35.6 Å². The number of hydrazine groups is 1. The monoisotopic (exact) mass is 608 g/mol. The first-order valence-electron chi connectivity index (χ1n) is 14.3. The van der Waals surface area contributed by atoms with Gasteiger partial charge in [0.25, 0.3) is 17.7 Å². The van der Waals surface area contributed by atoms with Gasteiger partial charge in [0.15, 0.2) is 5.78 Å². The van der Waals surface area contributed by atoms with Crippen molar-refractivity contribution in [3.8, 4) is 0 Å². The van der Waals surface area contributed by atoms with Crippen LogP contribution in [0.5, 0.6) is 0 Å². The van der Waals surface area contributed by atoms with Gasteiger partial charge in [-0.05, 0) is 46.9 Å². The van der Waals surface area contributed by atoms with Gasteiger partial charge in [-0.25, -0.2) is 5.01 Å². The summed E-state index contributed by atoms with van der Waals surface area (Å²) in [6.07, 6.45) is 0.167. The predicted octanol–water partition coefficient (Wildman–Crippen LogP) is 6.90. The molecule has 1 aliphatic heterocycles. The Bertz CT molecular complexity index is 1710. The maximum Gasteiger partial charge on any atom is 0.273 e. The van der Waals surface area contributed by atoms with Gasteiger partial charge in [0.05, 0.1) is 21.9 Å². The number of amides is 3. The molecule has 3 aliphatic carbocycles. The lowest BCUT2D eigenvalue weighted by Gasteiger charge is -2.45. The number of hydrogen-bond acceptors (Lipinski definition) is 4. The Balaban J connectivity index is 1.38. The summed E-state index contributed by atoms with van der Waals surface area (Å²) in [6.45, 7) is 1.76. The van der Waals surface area contributed by atoms with Gasteiger partial charge in [-0.15, -0.1) is 0 Å². The molecule has 0 radical (unpaired) electrons. The maximum absolute atomic E-state index is 14.6. The highest BCUT2D eigenvalue weighted by Gasteiger charge is 2.63. The van der Waals surface area contributed by atoms with Crippen molar-refractivity contribution in [1.29, 1.82) is 0 Å². The number of hydrogen-bond donors (Lipinski definition) is 0. The van der Waals surface area contributed by atoms with Gasteiger partial charge in [-0.2, -0.15) is 5.01 Å². The Labute approximate surface area is 258 Å². The van der Waals surface area contributed by atoms with Crippen LogP contribution in [-0.4, -0.2) is 39.6 Å². The van der Waals surface area contributed by atoms with Crippen LogP contribution in [0.4, 0.5) is 0 Å². The molecule has 8 heteroatoms. The molecule has 1 heterocycles. The second kappa shape index (κ2) is 10.5. The Kier molecular flexibility index (Phi) is 6.71. The minimum Gasteiger partial charge on any atom is -0.292 e. The van der Waals surface area contributed by atoms with E-state index in [1.807, 2.05) is 48.5 Å². The zero-order chi connectivity index (χ0) is 30.0. The summed E-state index contributed by atoms with van der Waals surface area (Å²) in [4.78, 5) is 57.5. The van der Waals surface area contributed by atoms with Gasteiger partial charge in [0, 0.05) is 23.0 Å². The van der Waals surface area contributed by atoms with Crippen molar-refractivity contribution in [2.45, 2.75) is 31.2 Å². The predicted molar refractivity (Wildman–Crippen MR) is 163 cm³/mol. The first-order valence-corrected chi connectivity index (χ1v) is 15.0. The highest BCUT2D eigenvalue weighted by molar-refractivity contribution is 6.42. The number of ketones is 1. The van der Waals surface area contributed by atoms with E-state index >= 15 is 0 Å². The molecule has 2 bridgehead atoms. The smallest absolute Gasteiger partial charge is 0.273 e. The molecule has 0 spiro atoms. The van der Waals surface area contributed by atoms with Crippen LogP contribution in [0.1, 0.15) is 68.2 Å². The van der Waals surface area contributed by atoms with Gasteiger partial charge >= 0.3 is 0 Å². The van der Waals surface area contributed by atoms with Crippen LogP contribution in [0.3, 0.4) is 0 Å². The molecule has 214 valence electrons. The van der Waals surface area contributed by atoms with E-state index in [2.05, 4.69) is 0 Å². The second-order valence-corrected chi connectivity index (χ2v) is 12.0. The van der Waals surface area contributed by atoms with Crippen LogP contribution < -0.4 is 0 Å². The fourth-order valence-corrected chi connectivity index (χ4v) is 7.57. The lowest BCUT2D eigenvalue weighted by molar-refractivity contribution is -0.156. The van der Waals surface area contributed by atoms with Crippen LogP contribution in [0.15, 0.2) is 97.1 Å². The van der Waals surface area contributed by atoms with Crippen molar-refractivity contribution in [2.75, 3.05) is 0 Å². The number of nitrogens with zero attached hydrogens (tertiary/aromatic N) is 2. The van der Waals surface area contributed by atoms with Crippen molar-refractivity contribution in [1.82, 2.24) is 10.0 Å². The SMILES string of the molecule is CC[C@@H](C(=O)c1ccccc1)N(C(=O)c1ccc(Cl)c(Cl)c1)N1C(=O)[C@@H]2C3c4ccccc4C(c4ccccc43)[C@@H]2C1=O. The molecule has 8 rings (SSSR count). The third-order valence-electron chi connectivity index (χ3n) is 9.06. The maximum atomic E-state index is 14.6.